The van der Waals surface area contributed by atoms with Gasteiger partial charge in [0.05, 0.1) is 5.69 Å². The number of carboxylic acid groups (broad SMARTS) is 1. The molecular weight excluding hydrogens is 263 g/mol. The van der Waals surface area contributed by atoms with Gasteiger partial charge in [-0.15, -0.1) is 0 Å². The summed E-state index contributed by atoms with van der Waals surface area (Å²) in [5, 5.41) is 14.5. The van der Waals surface area contributed by atoms with Gasteiger partial charge < -0.3 is 15.7 Å². The number of rotatable bonds is 7. The van der Waals surface area contributed by atoms with E-state index in [9.17, 15) is 14.0 Å². The van der Waals surface area contributed by atoms with E-state index in [2.05, 4.69) is 10.6 Å². The second kappa shape index (κ2) is 7.59. The smallest absolute Gasteiger partial charge is 0.340 e. The molecule has 0 atom stereocenters. The molecule has 0 unspecified atom stereocenters. The molecule has 0 aromatic heterocycles. The lowest BCUT2D eigenvalue weighted by Crippen LogP contribution is -2.25. The van der Waals surface area contributed by atoms with Gasteiger partial charge in [-0.1, -0.05) is 19.9 Å². The number of hydrogen-bond donors (Lipinski definition) is 3. The van der Waals surface area contributed by atoms with Crippen molar-refractivity contribution in [3.63, 3.8) is 0 Å². The lowest BCUT2D eigenvalue weighted by Gasteiger charge is -2.10. The Morgan fingerprint density at radius 2 is 2.05 bits per heavy atom. The molecule has 0 saturated heterocycles. The molecule has 0 aliphatic carbocycles. The van der Waals surface area contributed by atoms with Gasteiger partial charge in [-0.25, -0.2) is 9.18 Å². The molecule has 0 bridgehead atoms. The summed E-state index contributed by atoms with van der Waals surface area (Å²) in [6.45, 7) is 4.71. The molecule has 20 heavy (non-hydrogen) atoms. The predicted octanol–water partition coefficient (Wildman–Crippen LogP) is 2.24. The van der Waals surface area contributed by atoms with Crippen LogP contribution < -0.4 is 10.6 Å². The van der Waals surface area contributed by atoms with Gasteiger partial charge >= 0.3 is 5.97 Å². The fraction of sp³-hybridized carbons (Fsp3) is 0.429. The van der Waals surface area contributed by atoms with Crippen molar-refractivity contribution in [2.45, 2.75) is 32.7 Å². The maximum Gasteiger partial charge on any atom is 0.340 e. The maximum atomic E-state index is 13.4. The van der Waals surface area contributed by atoms with Crippen molar-refractivity contribution in [2.75, 3.05) is 11.9 Å². The van der Waals surface area contributed by atoms with Crippen LogP contribution >= 0.6 is 0 Å². The summed E-state index contributed by atoms with van der Waals surface area (Å²) in [6.07, 6.45) is 0.872. The number of carboxylic acids is 1. The molecule has 3 N–H and O–H groups in total. The Balaban J connectivity index is 2.58. The molecule has 0 fully saturated rings. The van der Waals surface area contributed by atoms with Crippen LogP contribution in [0.4, 0.5) is 10.1 Å². The zero-order valence-corrected chi connectivity index (χ0v) is 11.6. The van der Waals surface area contributed by atoms with E-state index >= 15 is 0 Å². The van der Waals surface area contributed by atoms with Crippen molar-refractivity contribution in [3.8, 4) is 0 Å². The van der Waals surface area contributed by atoms with Crippen molar-refractivity contribution in [1.29, 1.82) is 0 Å². The SMILES string of the molecule is CC(C)NCCCC(=O)Nc1cccc(F)c1C(=O)O. The van der Waals surface area contributed by atoms with Crippen LogP contribution in [0.2, 0.25) is 0 Å². The average Bonchev–Trinajstić information content (AvgIpc) is 2.34. The van der Waals surface area contributed by atoms with E-state index in [1.54, 1.807) is 0 Å². The molecule has 5 nitrogen and oxygen atoms in total. The predicted molar refractivity (Wildman–Crippen MR) is 74.4 cm³/mol. The number of carbonyl (C=O) groups excluding carboxylic acids is 1. The van der Waals surface area contributed by atoms with Crippen LogP contribution in [0.5, 0.6) is 0 Å². The number of carbonyl (C=O) groups is 2. The number of anilines is 1. The van der Waals surface area contributed by atoms with Gasteiger partial charge in [0.15, 0.2) is 0 Å². The summed E-state index contributed by atoms with van der Waals surface area (Å²) < 4.78 is 13.4. The van der Waals surface area contributed by atoms with E-state index < -0.39 is 17.3 Å². The van der Waals surface area contributed by atoms with Crippen molar-refractivity contribution in [3.05, 3.63) is 29.6 Å². The zero-order chi connectivity index (χ0) is 15.1. The van der Waals surface area contributed by atoms with Gasteiger partial charge in [-0.2, -0.15) is 0 Å². The van der Waals surface area contributed by atoms with Gasteiger partial charge in [0, 0.05) is 12.5 Å². The third-order valence-electron chi connectivity index (χ3n) is 2.63. The Morgan fingerprint density at radius 3 is 2.65 bits per heavy atom. The van der Waals surface area contributed by atoms with Gasteiger partial charge in [0.25, 0.3) is 0 Å². The largest absolute Gasteiger partial charge is 0.478 e. The van der Waals surface area contributed by atoms with Gasteiger partial charge in [0.2, 0.25) is 5.91 Å². The third-order valence-corrected chi connectivity index (χ3v) is 2.63. The fourth-order valence-corrected chi connectivity index (χ4v) is 1.70. The van der Waals surface area contributed by atoms with E-state index in [1.807, 2.05) is 13.8 Å². The van der Waals surface area contributed by atoms with Crippen LogP contribution in [0.15, 0.2) is 18.2 Å². The van der Waals surface area contributed by atoms with Crippen LogP contribution in [0.25, 0.3) is 0 Å². The first-order valence-corrected chi connectivity index (χ1v) is 6.47. The first-order valence-electron chi connectivity index (χ1n) is 6.47. The van der Waals surface area contributed by atoms with Crippen molar-refractivity contribution in [2.24, 2.45) is 0 Å². The van der Waals surface area contributed by atoms with Gasteiger partial charge in [-0.3, -0.25) is 4.79 Å². The summed E-state index contributed by atoms with van der Waals surface area (Å²) in [5.74, 6) is -2.60. The molecule has 0 spiro atoms. The number of benzene rings is 1. The Labute approximate surface area is 117 Å². The summed E-state index contributed by atoms with van der Waals surface area (Å²) in [6, 6.07) is 4.13. The first-order chi connectivity index (χ1) is 9.41. The topological polar surface area (TPSA) is 78.4 Å². The van der Waals surface area contributed by atoms with Crippen molar-refractivity contribution >= 4 is 17.6 Å². The number of halogens is 1. The molecule has 0 radical (unpaired) electrons. The molecule has 0 aliphatic heterocycles. The Bertz CT molecular complexity index is 489. The number of hydrogen-bond acceptors (Lipinski definition) is 3. The molecule has 1 rings (SSSR count). The van der Waals surface area contributed by atoms with Crippen LogP contribution in [-0.4, -0.2) is 29.6 Å². The van der Waals surface area contributed by atoms with E-state index in [0.29, 0.717) is 19.0 Å². The highest BCUT2D eigenvalue weighted by Gasteiger charge is 2.16. The van der Waals surface area contributed by atoms with Crippen molar-refractivity contribution in [1.82, 2.24) is 5.32 Å². The normalized spacial score (nSPS) is 10.6. The van der Waals surface area contributed by atoms with E-state index in [4.69, 9.17) is 5.11 Å². The lowest BCUT2D eigenvalue weighted by molar-refractivity contribution is -0.116. The molecule has 110 valence electrons. The summed E-state index contributed by atoms with van der Waals surface area (Å²) in [5.41, 5.74) is -0.527. The first kappa shape index (κ1) is 16.1. The van der Waals surface area contributed by atoms with Crippen LogP contribution in [-0.2, 0) is 4.79 Å². The highest BCUT2D eigenvalue weighted by atomic mass is 19.1. The fourth-order valence-electron chi connectivity index (χ4n) is 1.70. The molecule has 0 saturated carbocycles. The number of amides is 1. The minimum absolute atomic E-state index is 0.0145. The summed E-state index contributed by atoms with van der Waals surface area (Å²) in [4.78, 5) is 22.6. The van der Waals surface area contributed by atoms with Crippen LogP contribution in [0.3, 0.4) is 0 Å². The number of aromatic carboxylic acids is 1. The molecule has 1 aromatic rings. The van der Waals surface area contributed by atoms with E-state index in [1.165, 1.54) is 12.1 Å². The standard InChI is InChI=1S/C14H19FN2O3/c1-9(2)16-8-4-7-12(18)17-11-6-3-5-10(15)13(11)14(19)20/h3,5-6,9,16H,4,7-8H2,1-2H3,(H,17,18)(H,19,20). The summed E-state index contributed by atoms with van der Waals surface area (Å²) >= 11 is 0. The Kier molecular flexibility index (Phi) is 6.11. The molecule has 1 amide bonds. The third kappa shape index (κ3) is 4.97. The highest BCUT2D eigenvalue weighted by Crippen LogP contribution is 2.19. The average molecular weight is 282 g/mol. The lowest BCUT2D eigenvalue weighted by atomic mass is 10.1. The maximum absolute atomic E-state index is 13.4. The minimum atomic E-state index is -1.40. The van der Waals surface area contributed by atoms with Gasteiger partial charge in [0.1, 0.15) is 11.4 Å². The second-order valence-corrected chi connectivity index (χ2v) is 4.73. The second-order valence-electron chi connectivity index (χ2n) is 4.73. The van der Waals surface area contributed by atoms with Crippen molar-refractivity contribution < 1.29 is 19.1 Å². The molecule has 1 aromatic carbocycles. The van der Waals surface area contributed by atoms with Crippen LogP contribution in [0, 0.1) is 5.82 Å². The van der Waals surface area contributed by atoms with Crippen LogP contribution in [0.1, 0.15) is 37.0 Å². The van der Waals surface area contributed by atoms with Gasteiger partial charge in [-0.05, 0) is 25.1 Å². The highest BCUT2D eigenvalue weighted by molar-refractivity contribution is 6.00. The Morgan fingerprint density at radius 1 is 1.35 bits per heavy atom. The molecular formula is C14H19FN2O3. The van der Waals surface area contributed by atoms with E-state index in [-0.39, 0.29) is 18.0 Å². The van der Waals surface area contributed by atoms with E-state index in [0.717, 1.165) is 6.07 Å². The number of nitrogens with one attached hydrogen (secondary N) is 2. The molecule has 0 heterocycles. The molecule has 6 heteroatoms. The minimum Gasteiger partial charge on any atom is -0.478 e. The summed E-state index contributed by atoms with van der Waals surface area (Å²) in [7, 11) is 0. The molecule has 0 aliphatic rings. The monoisotopic (exact) mass is 282 g/mol. The quantitative estimate of drug-likeness (QED) is 0.670. The Hall–Kier alpha value is -1.95. The zero-order valence-electron chi connectivity index (χ0n) is 11.6.